The average Bonchev–Trinajstić information content (AvgIpc) is 3.48. The number of esters is 1. The summed E-state index contributed by atoms with van der Waals surface area (Å²) in [4.78, 5) is 26.6. The number of carbonyl (C=O) groups excluding carboxylic acids is 2. The van der Waals surface area contributed by atoms with Crippen LogP contribution in [0, 0.1) is 13.8 Å². The van der Waals surface area contributed by atoms with Gasteiger partial charge in [0.1, 0.15) is 18.1 Å². The molecule has 0 atom stereocenters. The van der Waals surface area contributed by atoms with Crippen molar-refractivity contribution in [3.63, 3.8) is 0 Å². The Morgan fingerprint density at radius 3 is 2.38 bits per heavy atom. The summed E-state index contributed by atoms with van der Waals surface area (Å²) in [6, 6.07) is 14.9. The summed E-state index contributed by atoms with van der Waals surface area (Å²) in [5, 5.41) is 6.67. The third-order valence-electron chi connectivity index (χ3n) is 5.82. The molecule has 0 spiro atoms. The molecule has 0 aliphatic carbocycles. The number of rotatable bonds is 9. The van der Waals surface area contributed by atoms with Crippen LogP contribution in [0.25, 0.3) is 0 Å². The van der Waals surface area contributed by atoms with E-state index in [1.807, 2.05) is 38.1 Å². The second kappa shape index (κ2) is 10.9. The molecule has 34 heavy (non-hydrogen) atoms. The molecule has 0 saturated carbocycles. The van der Waals surface area contributed by atoms with Gasteiger partial charge in [-0.2, -0.15) is 0 Å². The molecule has 3 aromatic rings. The minimum atomic E-state index is -0.469. The highest BCUT2D eigenvalue weighted by Crippen LogP contribution is 2.22. The fourth-order valence-electron chi connectivity index (χ4n) is 3.86. The molecule has 2 heterocycles. The van der Waals surface area contributed by atoms with Gasteiger partial charge in [-0.3, -0.25) is 9.59 Å². The van der Waals surface area contributed by atoms with Crippen LogP contribution in [-0.2, 0) is 27.4 Å². The predicted molar refractivity (Wildman–Crippen MR) is 128 cm³/mol. The predicted octanol–water partition coefficient (Wildman–Crippen LogP) is 4.20. The molecule has 0 unspecified atom stereocenters. The van der Waals surface area contributed by atoms with Crippen molar-refractivity contribution in [3.05, 3.63) is 71.1 Å². The average molecular weight is 464 g/mol. The van der Waals surface area contributed by atoms with E-state index in [2.05, 4.69) is 15.4 Å². The maximum Gasteiger partial charge on any atom is 0.310 e. The summed E-state index contributed by atoms with van der Waals surface area (Å²) in [5.41, 5.74) is 4.33. The first-order valence-electron chi connectivity index (χ1n) is 11.4. The van der Waals surface area contributed by atoms with E-state index in [-0.39, 0.29) is 18.9 Å². The Morgan fingerprint density at radius 2 is 1.74 bits per heavy atom. The lowest BCUT2D eigenvalue weighted by Crippen LogP contribution is -2.22. The van der Waals surface area contributed by atoms with Crippen LogP contribution < -0.4 is 15.0 Å². The van der Waals surface area contributed by atoms with Crippen molar-refractivity contribution in [1.82, 2.24) is 5.16 Å². The minimum Gasteiger partial charge on any atom is -0.489 e. The minimum absolute atomic E-state index is 0.0714. The molecular formula is C26H29N3O5. The molecule has 1 aliphatic heterocycles. The first kappa shape index (κ1) is 23.4. The molecule has 8 heteroatoms. The molecule has 1 N–H and O–H groups in total. The van der Waals surface area contributed by atoms with Crippen molar-refractivity contribution < 1.29 is 23.6 Å². The van der Waals surface area contributed by atoms with Gasteiger partial charge in [-0.25, -0.2) is 0 Å². The zero-order chi connectivity index (χ0) is 23.9. The van der Waals surface area contributed by atoms with Crippen LogP contribution in [0.2, 0.25) is 0 Å². The van der Waals surface area contributed by atoms with Gasteiger partial charge in [-0.1, -0.05) is 17.3 Å². The van der Waals surface area contributed by atoms with Gasteiger partial charge in [0.25, 0.3) is 5.91 Å². The summed E-state index contributed by atoms with van der Waals surface area (Å²) < 4.78 is 16.0. The Hall–Kier alpha value is -3.81. The monoisotopic (exact) mass is 463 g/mol. The van der Waals surface area contributed by atoms with Crippen LogP contribution in [0.5, 0.6) is 5.75 Å². The number of aryl methyl sites for hydroxylation is 2. The highest BCUT2D eigenvalue weighted by molar-refractivity contribution is 5.93. The van der Waals surface area contributed by atoms with Gasteiger partial charge in [0.05, 0.1) is 17.7 Å². The van der Waals surface area contributed by atoms with E-state index in [9.17, 15) is 9.59 Å². The number of hydrogen-bond acceptors (Lipinski definition) is 7. The van der Waals surface area contributed by atoms with Gasteiger partial charge in [0, 0.05) is 24.5 Å². The van der Waals surface area contributed by atoms with Crippen LogP contribution >= 0.6 is 0 Å². The standard InChI is InChI=1S/C26H29N3O5/c1-18-24(19(2)34-28-18)16-32-23-11-5-20(6-12-23)15-26(31)33-17-25(30)27-21-7-9-22(10-8-21)29-13-3-4-14-29/h5-12H,3-4,13-17H2,1-2H3,(H,27,30). The highest BCUT2D eigenvalue weighted by Gasteiger charge is 2.13. The molecule has 4 rings (SSSR count). The molecule has 1 aromatic heterocycles. The fraction of sp³-hybridized carbons (Fsp3) is 0.346. The molecule has 178 valence electrons. The van der Waals surface area contributed by atoms with Crippen molar-refractivity contribution in [2.45, 2.75) is 39.7 Å². The number of ether oxygens (including phenoxy) is 2. The number of hydrogen-bond donors (Lipinski definition) is 1. The SMILES string of the molecule is Cc1noc(C)c1COc1ccc(CC(=O)OCC(=O)Nc2ccc(N3CCCC3)cc2)cc1. The highest BCUT2D eigenvalue weighted by atomic mass is 16.5. The Morgan fingerprint density at radius 1 is 1.03 bits per heavy atom. The Bertz CT molecular complexity index is 1100. The number of nitrogens with zero attached hydrogens (tertiary/aromatic N) is 2. The molecule has 1 amide bonds. The number of nitrogens with one attached hydrogen (secondary N) is 1. The van der Waals surface area contributed by atoms with E-state index >= 15 is 0 Å². The van der Waals surface area contributed by atoms with Crippen molar-refractivity contribution >= 4 is 23.3 Å². The summed E-state index contributed by atoms with van der Waals surface area (Å²) in [7, 11) is 0. The maximum absolute atomic E-state index is 12.1. The van der Waals surface area contributed by atoms with E-state index in [1.54, 1.807) is 24.3 Å². The zero-order valence-electron chi connectivity index (χ0n) is 19.5. The van der Waals surface area contributed by atoms with E-state index in [0.717, 1.165) is 41.4 Å². The van der Waals surface area contributed by atoms with Gasteiger partial charge in [0.15, 0.2) is 6.61 Å². The van der Waals surface area contributed by atoms with Crippen LogP contribution in [0.15, 0.2) is 53.1 Å². The van der Waals surface area contributed by atoms with Crippen LogP contribution in [0.1, 0.15) is 35.4 Å². The normalized spacial score (nSPS) is 13.1. The lowest BCUT2D eigenvalue weighted by molar-refractivity contribution is -0.146. The van der Waals surface area contributed by atoms with Gasteiger partial charge in [-0.15, -0.1) is 0 Å². The molecule has 8 nitrogen and oxygen atoms in total. The molecular weight excluding hydrogens is 434 g/mol. The van der Waals surface area contributed by atoms with E-state index in [1.165, 1.54) is 12.8 Å². The third kappa shape index (κ3) is 6.15. The van der Waals surface area contributed by atoms with Crippen molar-refractivity contribution in [3.8, 4) is 5.75 Å². The quantitative estimate of drug-likeness (QED) is 0.476. The van der Waals surface area contributed by atoms with E-state index < -0.39 is 5.97 Å². The Labute approximate surface area is 198 Å². The molecule has 0 radical (unpaired) electrons. The molecule has 1 aliphatic rings. The summed E-state index contributed by atoms with van der Waals surface area (Å²) >= 11 is 0. The zero-order valence-corrected chi connectivity index (χ0v) is 19.5. The number of aromatic nitrogens is 1. The third-order valence-corrected chi connectivity index (χ3v) is 5.82. The largest absolute Gasteiger partial charge is 0.489 e. The van der Waals surface area contributed by atoms with E-state index in [0.29, 0.717) is 18.0 Å². The lowest BCUT2D eigenvalue weighted by atomic mass is 10.1. The van der Waals surface area contributed by atoms with Crippen LogP contribution in [0.3, 0.4) is 0 Å². The number of anilines is 2. The Balaban J connectivity index is 1.18. The fourth-order valence-corrected chi connectivity index (χ4v) is 3.86. The van der Waals surface area contributed by atoms with Crippen molar-refractivity contribution in [2.75, 3.05) is 29.9 Å². The molecule has 1 fully saturated rings. The number of benzene rings is 2. The smallest absolute Gasteiger partial charge is 0.310 e. The second-order valence-electron chi connectivity index (χ2n) is 8.36. The van der Waals surface area contributed by atoms with Gasteiger partial charge >= 0.3 is 5.97 Å². The van der Waals surface area contributed by atoms with Crippen molar-refractivity contribution in [1.29, 1.82) is 0 Å². The summed E-state index contributed by atoms with van der Waals surface area (Å²) in [5.74, 6) is 0.571. The maximum atomic E-state index is 12.1. The number of carbonyl (C=O) groups is 2. The van der Waals surface area contributed by atoms with E-state index in [4.69, 9.17) is 14.0 Å². The van der Waals surface area contributed by atoms with Gasteiger partial charge in [0.2, 0.25) is 0 Å². The molecule has 0 bridgehead atoms. The molecule has 1 saturated heterocycles. The lowest BCUT2D eigenvalue weighted by Gasteiger charge is -2.17. The first-order valence-corrected chi connectivity index (χ1v) is 11.4. The summed E-state index contributed by atoms with van der Waals surface area (Å²) in [6.07, 6.45) is 2.50. The van der Waals surface area contributed by atoms with Crippen molar-refractivity contribution in [2.24, 2.45) is 0 Å². The summed E-state index contributed by atoms with van der Waals surface area (Å²) in [6.45, 7) is 5.89. The number of amides is 1. The van der Waals surface area contributed by atoms with Gasteiger partial charge in [-0.05, 0) is 68.7 Å². The van der Waals surface area contributed by atoms with Crippen LogP contribution in [-0.4, -0.2) is 36.7 Å². The topological polar surface area (TPSA) is 93.9 Å². The van der Waals surface area contributed by atoms with Crippen LogP contribution in [0.4, 0.5) is 11.4 Å². The molecule has 2 aromatic carbocycles. The Kier molecular flexibility index (Phi) is 7.47. The second-order valence-corrected chi connectivity index (χ2v) is 8.36. The first-order chi connectivity index (χ1) is 16.5. The van der Waals surface area contributed by atoms with Gasteiger partial charge < -0.3 is 24.2 Å².